The van der Waals surface area contributed by atoms with E-state index in [1.165, 1.54) is 11.1 Å². The van der Waals surface area contributed by atoms with Crippen LogP contribution in [0.3, 0.4) is 0 Å². The lowest BCUT2D eigenvalue weighted by Gasteiger charge is -2.25. The second-order valence-corrected chi connectivity index (χ2v) is 6.36. The lowest BCUT2D eigenvalue weighted by molar-refractivity contribution is -0.136. The van der Waals surface area contributed by atoms with Crippen molar-refractivity contribution in [3.63, 3.8) is 0 Å². The Labute approximate surface area is 127 Å². The lowest BCUT2D eigenvalue weighted by Crippen LogP contribution is -2.47. The number of likely N-dealkylation sites (tertiary alicyclic amines) is 1. The largest absolute Gasteiger partial charge is 0.480 e. The molecule has 4 nitrogen and oxygen atoms in total. The predicted octanol–water partition coefficient (Wildman–Crippen LogP) is 2.07. The molecule has 0 saturated carbocycles. The molecule has 1 heterocycles. The fourth-order valence-corrected chi connectivity index (χ4v) is 3.06. The predicted molar refractivity (Wildman–Crippen MR) is 84.6 cm³/mol. The quantitative estimate of drug-likeness (QED) is 0.807. The molecule has 0 spiro atoms. The van der Waals surface area contributed by atoms with Crippen LogP contribution in [0, 0.1) is 6.92 Å². The number of carbonyl (C=O) groups is 1. The van der Waals surface area contributed by atoms with Crippen LogP contribution < -0.4 is 5.32 Å². The summed E-state index contributed by atoms with van der Waals surface area (Å²) in [6, 6.07) is 8.56. The van der Waals surface area contributed by atoms with Gasteiger partial charge in [-0.25, -0.2) is 0 Å². The Morgan fingerprint density at radius 2 is 2.19 bits per heavy atom. The number of aliphatic carboxylic acids is 1. The van der Waals surface area contributed by atoms with E-state index in [0.29, 0.717) is 0 Å². The number of benzene rings is 1. The molecule has 1 aliphatic rings. The zero-order valence-electron chi connectivity index (χ0n) is 13.1. The van der Waals surface area contributed by atoms with Crippen molar-refractivity contribution in [3.8, 4) is 0 Å². The minimum atomic E-state index is -0.783. The monoisotopic (exact) mass is 290 g/mol. The normalized spacial score (nSPS) is 22.6. The highest BCUT2D eigenvalue weighted by molar-refractivity contribution is 5.69. The molecule has 1 unspecified atom stereocenters. The molecule has 21 heavy (non-hydrogen) atoms. The van der Waals surface area contributed by atoms with E-state index < -0.39 is 5.97 Å². The molecule has 0 bridgehead atoms. The SMILES string of the molecule is Cc1ccccc1CCCN1CCC(C)(NCC(=O)O)C1. The summed E-state index contributed by atoms with van der Waals surface area (Å²) in [6.07, 6.45) is 3.28. The van der Waals surface area contributed by atoms with Crippen molar-refractivity contribution in [2.45, 2.75) is 38.6 Å². The molecule has 1 aromatic carbocycles. The number of hydrogen-bond acceptors (Lipinski definition) is 3. The van der Waals surface area contributed by atoms with Crippen molar-refractivity contribution in [2.24, 2.45) is 0 Å². The Balaban J connectivity index is 1.73. The van der Waals surface area contributed by atoms with Gasteiger partial charge in [0.25, 0.3) is 0 Å². The fraction of sp³-hybridized carbons (Fsp3) is 0.588. The van der Waals surface area contributed by atoms with Crippen LogP contribution in [0.1, 0.15) is 30.9 Å². The first kappa shape index (κ1) is 16.0. The topological polar surface area (TPSA) is 52.6 Å². The van der Waals surface area contributed by atoms with Crippen LogP contribution in [-0.4, -0.2) is 47.7 Å². The van der Waals surface area contributed by atoms with Crippen LogP contribution in [0.5, 0.6) is 0 Å². The van der Waals surface area contributed by atoms with E-state index in [4.69, 9.17) is 5.11 Å². The molecule has 1 saturated heterocycles. The van der Waals surface area contributed by atoms with Gasteiger partial charge >= 0.3 is 5.97 Å². The van der Waals surface area contributed by atoms with Gasteiger partial charge in [-0.1, -0.05) is 24.3 Å². The van der Waals surface area contributed by atoms with E-state index in [-0.39, 0.29) is 12.1 Å². The summed E-state index contributed by atoms with van der Waals surface area (Å²) in [5.74, 6) is -0.783. The van der Waals surface area contributed by atoms with Gasteiger partial charge in [0.15, 0.2) is 0 Å². The van der Waals surface area contributed by atoms with Gasteiger partial charge in [-0.05, 0) is 50.8 Å². The molecular weight excluding hydrogens is 264 g/mol. The maximum absolute atomic E-state index is 10.7. The highest BCUT2D eigenvalue weighted by Gasteiger charge is 2.33. The molecule has 1 aromatic rings. The zero-order valence-corrected chi connectivity index (χ0v) is 13.1. The molecule has 0 aliphatic carbocycles. The third kappa shape index (κ3) is 4.83. The molecule has 1 atom stereocenters. The lowest BCUT2D eigenvalue weighted by atomic mass is 10.0. The van der Waals surface area contributed by atoms with Crippen molar-refractivity contribution in [2.75, 3.05) is 26.2 Å². The summed E-state index contributed by atoms with van der Waals surface area (Å²) in [5.41, 5.74) is 2.75. The second kappa shape index (κ2) is 7.05. The van der Waals surface area contributed by atoms with Gasteiger partial charge < -0.3 is 15.3 Å². The zero-order chi connectivity index (χ0) is 15.3. The van der Waals surface area contributed by atoms with Crippen LogP contribution >= 0.6 is 0 Å². The van der Waals surface area contributed by atoms with Gasteiger partial charge in [-0.3, -0.25) is 4.79 Å². The molecule has 116 valence electrons. The standard InChI is InChI=1S/C17H26N2O2/c1-14-6-3-4-7-15(14)8-5-10-19-11-9-17(2,13-19)18-12-16(20)21/h3-4,6-7,18H,5,8-13H2,1-2H3,(H,20,21). The molecule has 4 heteroatoms. The van der Waals surface area contributed by atoms with Crippen molar-refractivity contribution in [1.82, 2.24) is 10.2 Å². The van der Waals surface area contributed by atoms with Crippen LogP contribution in [0.25, 0.3) is 0 Å². The number of hydrogen-bond donors (Lipinski definition) is 2. The van der Waals surface area contributed by atoms with Gasteiger partial charge in [0.05, 0.1) is 6.54 Å². The third-order valence-corrected chi connectivity index (χ3v) is 4.40. The number of nitrogens with zero attached hydrogens (tertiary/aromatic N) is 1. The first-order valence-corrected chi connectivity index (χ1v) is 7.72. The van der Waals surface area contributed by atoms with E-state index in [9.17, 15) is 4.79 Å². The molecule has 0 radical (unpaired) electrons. The third-order valence-electron chi connectivity index (χ3n) is 4.40. The first-order chi connectivity index (χ1) is 9.98. The summed E-state index contributed by atoms with van der Waals surface area (Å²) in [6.45, 7) is 7.41. The summed E-state index contributed by atoms with van der Waals surface area (Å²) in [4.78, 5) is 13.1. The molecule has 2 rings (SSSR count). The first-order valence-electron chi connectivity index (χ1n) is 7.72. The Morgan fingerprint density at radius 1 is 1.43 bits per heavy atom. The minimum Gasteiger partial charge on any atom is -0.480 e. The second-order valence-electron chi connectivity index (χ2n) is 6.36. The van der Waals surface area contributed by atoms with Crippen LogP contribution in [0.2, 0.25) is 0 Å². The van der Waals surface area contributed by atoms with Gasteiger partial charge in [0.1, 0.15) is 0 Å². The Bertz CT molecular complexity index is 489. The maximum atomic E-state index is 10.7. The highest BCUT2D eigenvalue weighted by atomic mass is 16.4. The molecule has 0 aromatic heterocycles. The summed E-state index contributed by atoms with van der Waals surface area (Å²) >= 11 is 0. The number of rotatable bonds is 7. The Hall–Kier alpha value is -1.39. The fourth-order valence-electron chi connectivity index (χ4n) is 3.06. The number of carboxylic acids is 1. The summed E-state index contributed by atoms with van der Waals surface area (Å²) in [5, 5.41) is 11.9. The molecule has 2 N–H and O–H groups in total. The average Bonchev–Trinajstić information content (AvgIpc) is 2.81. The van der Waals surface area contributed by atoms with E-state index in [1.54, 1.807) is 0 Å². The van der Waals surface area contributed by atoms with Crippen molar-refractivity contribution >= 4 is 5.97 Å². The Kier molecular flexibility index (Phi) is 5.37. The van der Waals surface area contributed by atoms with E-state index in [0.717, 1.165) is 38.9 Å². The minimum absolute atomic E-state index is 0.0492. The van der Waals surface area contributed by atoms with Gasteiger partial charge in [-0.15, -0.1) is 0 Å². The number of carboxylic acid groups (broad SMARTS) is 1. The van der Waals surface area contributed by atoms with Crippen molar-refractivity contribution in [1.29, 1.82) is 0 Å². The molecular formula is C17H26N2O2. The van der Waals surface area contributed by atoms with E-state index in [2.05, 4.69) is 48.3 Å². The van der Waals surface area contributed by atoms with Crippen LogP contribution in [0.4, 0.5) is 0 Å². The van der Waals surface area contributed by atoms with Gasteiger partial charge in [0.2, 0.25) is 0 Å². The molecule has 1 fully saturated rings. The molecule has 0 amide bonds. The maximum Gasteiger partial charge on any atom is 0.317 e. The van der Waals surface area contributed by atoms with E-state index in [1.807, 2.05) is 0 Å². The number of aryl methyl sites for hydroxylation is 2. The smallest absolute Gasteiger partial charge is 0.317 e. The summed E-state index contributed by atoms with van der Waals surface area (Å²) in [7, 11) is 0. The van der Waals surface area contributed by atoms with Crippen molar-refractivity contribution < 1.29 is 9.90 Å². The molecule has 1 aliphatic heterocycles. The van der Waals surface area contributed by atoms with Gasteiger partial charge in [0, 0.05) is 18.6 Å². The highest BCUT2D eigenvalue weighted by Crippen LogP contribution is 2.21. The average molecular weight is 290 g/mol. The number of nitrogens with one attached hydrogen (secondary N) is 1. The van der Waals surface area contributed by atoms with Crippen LogP contribution in [0.15, 0.2) is 24.3 Å². The summed E-state index contributed by atoms with van der Waals surface area (Å²) < 4.78 is 0. The van der Waals surface area contributed by atoms with Gasteiger partial charge in [-0.2, -0.15) is 0 Å². The van der Waals surface area contributed by atoms with E-state index >= 15 is 0 Å². The van der Waals surface area contributed by atoms with Crippen LogP contribution in [-0.2, 0) is 11.2 Å². The Morgan fingerprint density at radius 3 is 2.90 bits per heavy atom. The van der Waals surface area contributed by atoms with Crippen molar-refractivity contribution in [3.05, 3.63) is 35.4 Å².